The van der Waals surface area contributed by atoms with Crippen molar-refractivity contribution in [1.82, 2.24) is 4.90 Å². The molecule has 1 heterocycles. The Morgan fingerprint density at radius 2 is 1.67 bits per heavy atom. The zero-order valence-corrected chi connectivity index (χ0v) is 8.39. The first-order valence-electron chi connectivity index (χ1n) is 4.99. The fourth-order valence-corrected chi connectivity index (χ4v) is 1.70. The number of nitrogens with zero attached hydrogens (tertiary/aromatic N) is 1. The van der Waals surface area contributed by atoms with E-state index in [0.717, 1.165) is 25.9 Å². The maximum atomic E-state index is 12.8. The van der Waals surface area contributed by atoms with Crippen LogP contribution in [0.5, 0.6) is 0 Å². The summed E-state index contributed by atoms with van der Waals surface area (Å²) in [6.45, 7) is 8.59. The number of alkyl halides is 1. The lowest BCUT2D eigenvalue weighted by molar-refractivity contribution is 0.0973. The molecular formula is C10H20FN. The molecule has 0 aromatic carbocycles. The molecule has 0 aromatic heterocycles. The van der Waals surface area contributed by atoms with Crippen LogP contribution >= 0.6 is 0 Å². The number of halogens is 1. The summed E-state index contributed by atoms with van der Waals surface area (Å²) >= 11 is 0. The van der Waals surface area contributed by atoms with Gasteiger partial charge in [-0.25, -0.2) is 4.39 Å². The van der Waals surface area contributed by atoms with Gasteiger partial charge in [0.15, 0.2) is 0 Å². The molecule has 0 amide bonds. The minimum Gasteiger partial charge on any atom is -0.300 e. The lowest BCUT2D eigenvalue weighted by atomic mass is 10.0. The third-order valence-corrected chi connectivity index (χ3v) is 3.00. The van der Waals surface area contributed by atoms with Crippen LogP contribution in [0.1, 0.15) is 33.6 Å². The van der Waals surface area contributed by atoms with Gasteiger partial charge in [-0.3, -0.25) is 0 Å². The summed E-state index contributed by atoms with van der Waals surface area (Å²) in [5, 5.41) is 0. The van der Waals surface area contributed by atoms with E-state index in [1.807, 2.05) is 0 Å². The molecule has 1 aliphatic rings. The average Bonchev–Trinajstić information content (AvgIpc) is 2.04. The molecule has 0 bridgehead atoms. The van der Waals surface area contributed by atoms with Crippen molar-refractivity contribution >= 4 is 0 Å². The molecule has 0 N–H and O–H groups in total. The number of rotatable bonds is 2. The Balaban J connectivity index is 2.34. The highest BCUT2D eigenvalue weighted by molar-refractivity contribution is 4.77. The molecule has 0 saturated carbocycles. The third kappa shape index (κ3) is 2.44. The minimum atomic E-state index is -0.541. The van der Waals surface area contributed by atoms with Crippen LogP contribution in [-0.2, 0) is 0 Å². The summed E-state index contributed by atoms with van der Waals surface area (Å²) in [6.07, 6.45) is 0.925. The van der Waals surface area contributed by atoms with Gasteiger partial charge in [0, 0.05) is 19.1 Å². The Morgan fingerprint density at radius 3 is 2.08 bits per heavy atom. The predicted octanol–water partition coefficient (Wildman–Crippen LogP) is 2.46. The van der Waals surface area contributed by atoms with E-state index in [0.29, 0.717) is 12.0 Å². The highest BCUT2D eigenvalue weighted by Crippen LogP contribution is 2.18. The summed E-state index contributed by atoms with van der Waals surface area (Å²) in [4.78, 5) is 2.40. The molecule has 1 saturated heterocycles. The Kier molecular flexibility index (Phi) is 3.51. The fourth-order valence-electron chi connectivity index (χ4n) is 1.70. The molecule has 1 rings (SSSR count). The van der Waals surface area contributed by atoms with Gasteiger partial charge in [0.2, 0.25) is 0 Å². The summed E-state index contributed by atoms with van der Waals surface area (Å²) < 4.78 is 12.8. The van der Waals surface area contributed by atoms with Crippen molar-refractivity contribution < 1.29 is 4.39 Å². The van der Waals surface area contributed by atoms with Gasteiger partial charge in [0.1, 0.15) is 6.17 Å². The van der Waals surface area contributed by atoms with Crippen molar-refractivity contribution in [2.75, 3.05) is 13.1 Å². The Bertz CT molecular complexity index is 128. The average molecular weight is 173 g/mol. The van der Waals surface area contributed by atoms with E-state index in [-0.39, 0.29) is 0 Å². The third-order valence-electron chi connectivity index (χ3n) is 3.00. The van der Waals surface area contributed by atoms with Crippen molar-refractivity contribution in [2.45, 2.75) is 45.8 Å². The van der Waals surface area contributed by atoms with Gasteiger partial charge in [0.05, 0.1) is 0 Å². The largest absolute Gasteiger partial charge is 0.300 e. The monoisotopic (exact) mass is 173 g/mol. The molecule has 0 aromatic rings. The lowest BCUT2D eigenvalue weighted by Gasteiger charge is -2.35. The van der Waals surface area contributed by atoms with Gasteiger partial charge in [-0.05, 0) is 25.7 Å². The van der Waals surface area contributed by atoms with E-state index in [1.165, 1.54) is 0 Å². The van der Waals surface area contributed by atoms with Crippen LogP contribution in [0, 0.1) is 5.92 Å². The number of hydrogen-bond donors (Lipinski definition) is 0. The molecule has 1 atom stereocenters. The van der Waals surface area contributed by atoms with Crippen LogP contribution in [0.15, 0.2) is 0 Å². The Hall–Kier alpha value is -0.110. The van der Waals surface area contributed by atoms with Crippen LogP contribution in [0.3, 0.4) is 0 Å². The van der Waals surface area contributed by atoms with E-state index in [2.05, 4.69) is 25.7 Å². The van der Waals surface area contributed by atoms with Crippen molar-refractivity contribution in [2.24, 2.45) is 5.92 Å². The zero-order chi connectivity index (χ0) is 9.14. The highest BCUT2D eigenvalue weighted by Gasteiger charge is 2.23. The van der Waals surface area contributed by atoms with E-state index in [4.69, 9.17) is 0 Å². The van der Waals surface area contributed by atoms with Gasteiger partial charge in [-0.1, -0.05) is 13.8 Å². The summed E-state index contributed by atoms with van der Waals surface area (Å²) in [5.41, 5.74) is 0. The normalized spacial score (nSPS) is 24.8. The molecule has 0 aliphatic carbocycles. The number of hydrogen-bond acceptors (Lipinski definition) is 1. The molecular weight excluding hydrogens is 153 g/mol. The topological polar surface area (TPSA) is 3.24 Å². The lowest BCUT2D eigenvalue weighted by Crippen LogP contribution is -2.42. The van der Waals surface area contributed by atoms with Crippen LogP contribution in [-0.4, -0.2) is 30.2 Å². The van der Waals surface area contributed by atoms with Gasteiger partial charge >= 0.3 is 0 Å². The maximum absolute atomic E-state index is 12.8. The van der Waals surface area contributed by atoms with E-state index < -0.39 is 6.17 Å². The smallest absolute Gasteiger partial charge is 0.103 e. The van der Waals surface area contributed by atoms with Gasteiger partial charge in [0.25, 0.3) is 0 Å². The molecule has 1 nitrogen and oxygen atoms in total. The van der Waals surface area contributed by atoms with Crippen LogP contribution < -0.4 is 0 Å². The highest BCUT2D eigenvalue weighted by atomic mass is 19.1. The molecule has 72 valence electrons. The maximum Gasteiger partial charge on any atom is 0.103 e. The quantitative estimate of drug-likeness (QED) is 0.620. The molecule has 0 spiro atoms. The predicted molar refractivity (Wildman–Crippen MR) is 50.0 cm³/mol. The van der Waals surface area contributed by atoms with Crippen molar-refractivity contribution in [1.29, 1.82) is 0 Å². The molecule has 1 fully saturated rings. The van der Waals surface area contributed by atoms with Gasteiger partial charge in [-0.2, -0.15) is 0 Å². The van der Waals surface area contributed by atoms with Crippen LogP contribution in [0.25, 0.3) is 0 Å². The number of piperidine rings is 1. The molecule has 2 heteroatoms. The molecule has 0 radical (unpaired) electrons. The molecule has 12 heavy (non-hydrogen) atoms. The van der Waals surface area contributed by atoms with Crippen LogP contribution in [0.2, 0.25) is 0 Å². The molecule has 0 unspecified atom stereocenters. The zero-order valence-electron chi connectivity index (χ0n) is 8.39. The number of likely N-dealkylation sites (tertiary alicyclic amines) is 1. The first-order valence-corrected chi connectivity index (χ1v) is 4.99. The standard InChI is InChI=1S/C10H20FN/c1-8(2)9(3)12-6-4-10(11)5-7-12/h8-10H,4-7H2,1-3H3/t9-/m1/s1. The fraction of sp³-hybridized carbons (Fsp3) is 1.00. The van der Waals surface area contributed by atoms with Gasteiger partial charge in [-0.15, -0.1) is 0 Å². The Labute approximate surface area is 74.9 Å². The first-order chi connectivity index (χ1) is 5.61. The van der Waals surface area contributed by atoms with E-state index in [1.54, 1.807) is 0 Å². The second-order valence-corrected chi connectivity index (χ2v) is 4.20. The SMILES string of the molecule is CC(C)[C@@H](C)N1CCC(F)CC1. The summed E-state index contributed by atoms with van der Waals surface area (Å²) in [6, 6.07) is 0.609. The second kappa shape index (κ2) is 4.22. The molecule has 1 aliphatic heterocycles. The van der Waals surface area contributed by atoms with Crippen molar-refractivity contribution in [3.8, 4) is 0 Å². The minimum absolute atomic E-state index is 0.541. The van der Waals surface area contributed by atoms with Crippen molar-refractivity contribution in [3.05, 3.63) is 0 Å². The Morgan fingerprint density at radius 1 is 1.17 bits per heavy atom. The first kappa shape index (κ1) is 9.97. The van der Waals surface area contributed by atoms with Crippen molar-refractivity contribution in [3.63, 3.8) is 0 Å². The summed E-state index contributed by atoms with van der Waals surface area (Å²) in [5.74, 6) is 0.682. The van der Waals surface area contributed by atoms with Gasteiger partial charge < -0.3 is 4.90 Å². The second-order valence-electron chi connectivity index (χ2n) is 4.20. The summed E-state index contributed by atoms with van der Waals surface area (Å²) in [7, 11) is 0. The van der Waals surface area contributed by atoms with E-state index in [9.17, 15) is 4.39 Å². The van der Waals surface area contributed by atoms with Crippen LogP contribution in [0.4, 0.5) is 4.39 Å². The van der Waals surface area contributed by atoms with E-state index >= 15 is 0 Å².